The van der Waals surface area contributed by atoms with Crippen LogP contribution < -0.4 is 5.73 Å². The molecule has 102 valence electrons. The van der Waals surface area contributed by atoms with Crippen LogP contribution >= 0.6 is 11.8 Å². The molecule has 0 saturated carbocycles. The summed E-state index contributed by atoms with van der Waals surface area (Å²) >= 11 is 1.51. The molecule has 0 saturated heterocycles. The van der Waals surface area contributed by atoms with Crippen LogP contribution in [0.15, 0.2) is 35.7 Å². The summed E-state index contributed by atoms with van der Waals surface area (Å²) in [5, 5.41) is 4.77. The maximum atomic E-state index is 13.4. The third-order valence-corrected chi connectivity index (χ3v) is 4.40. The highest BCUT2D eigenvalue weighted by Crippen LogP contribution is 2.36. The topological polar surface area (TPSA) is 56.7 Å². The van der Waals surface area contributed by atoms with Crippen LogP contribution in [0.5, 0.6) is 0 Å². The van der Waals surface area contributed by atoms with Crippen LogP contribution in [0.2, 0.25) is 0 Å². The first-order valence-electron chi connectivity index (χ1n) is 6.13. The summed E-state index contributed by atoms with van der Waals surface area (Å²) in [6.45, 7) is 2.02. The Morgan fingerprint density at radius 3 is 2.84 bits per heavy atom. The number of thioether (sulfide) groups is 1. The van der Waals surface area contributed by atoms with Gasteiger partial charge in [-0.05, 0) is 24.1 Å². The van der Waals surface area contributed by atoms with Gasteiger partial charge in [0, 0.05) is 13.1 Å². The Hall–Kier alpha value is -1.40. The normalized spacial score (nSPS) is 14.3. The van der Waals surface area contributed by atoms with E-state index in [1.807, 2.05) is 20.0 Å². The standard InChI is InChI=1S/C13H17FN4S/c1-3-11(15)12(9-5-4-6-10(14)7-9)19-13-16-8-17-18(13)2/h4-8,11-12H,3,15H2,1-2H3. The van der Waals surface area contributed by atoms with Crippen molar-refractivity contribution in [2.45, 2.75) is 29.8 Å². The number of rotatable bonds is 5. The van der Waals surface area contributed by atoms with Crippen molar-refractivity contribution >= 4 is 11.8 Å². The molecule has 19 heavy (non-hydrogen) atoms. The maximum Gasteiger partial charge on any atom is 0.186 e. The Labute approximate surface area is 116 Å². The molecule has 1 aromatic carbocycles. The quantitative estimate of drug-likeness (QED) is 0.855. The van der Waals surface area contributed by atoms with Crippen LogP contribution in [0.1, 0.15) is 24.2 Å². The molecule has 1 aromatic heterocycles. The molecule has 0 spiro atoms. The lowest BCUT2D eigenvalue weighted by atomic mass is 10.0. The van der Waals surface area contributed by atoms with Gasteiger partial charge in [-0.2, -0.15) is 5.10 Å². The lowest BCUT2D eigenvalue weighted by Gasteiger charge is -2.22. The van der Waals surface area contributed by atoms with E-state index in [1.165, 1.54) is 30.2 Å². The molecule has 6 heteroatoms. The number of halogens is 1. The number of aryl methyl sites for hydroxylation is 1. The molecule has 0 aliphatic carbocycles. The summed E-state index contributed by atoms with van der Waals surface area (Å²) in [6, 6.07) is 6.50. The van der Waals surface area contributed by atoms with Gasteiger partial charge in [0.05, 0.1) is 5.25 Å². The summed E-state index contributed by atoms with van der Waals surface area (Å²) < 4.78 is 15.1. The van der Waals surface area contributed by atoms with E-state index in [0.29, 0.717) is 0 Å². The van der Waals surface area contributed by atoms with E-state index in [-0.39, 0.29) is 17.1 Å². The fourth-order valence-electron chi connectivity index (χ4n) is 1.81. The Morgan fingerprint density at radius 2 is 2.26 bits per heavy atom. The molecular formula is C13H17FN4S. The molecular weight excluding hydrogens is 263 g/mol. The summed E-state index contributed by atoms with van der Waals surface area (Å²) in [4.78, 5) is 4.19. The van der Waals surface area contributed by atoms with E-state index in [4.69, 9.17) is 5.73 Å². The van der Waals surface area contributed by atoms with Gasteiger partial charge in [-0.3, -0.25) is 0 Å². The molecule has 0 bridgehead atoms. The molecule has 4 nitrogen and oxygen atoms in total. The van der Waals surface area contributed by atoms with Crippen molar-refractivity contribution in [2.24, 2.45) is 12.8 Å². The fourth-order valence-corrected chi connectivity index (χ4v) is 2.99. The lowest BCUT2D eigenvalue weighted by molar-refractivity contribution is 0.607. The van der Waals surface area contributed by atoms with Gasteiger partial charge >= 0.3 is 0 Å². The smallest absolute Gasteiger partial charge is 0.186 e. The van der Waals surface area contributed by atoms with Gasteiger partial charge in [-0.25, -0.2) is 14.1 Å². The highest BCUT2D eigenvalue weighted by Gasteiger charge is 2.22. The molecule has 0 fully saturated rings. The number of hydrogen-bond acceptors (Lipinski definition) is 4. The van der Waals surface area contributed by atoms with Gasteiger partial charge in [-0.1, -0.05) is 30.8 Å². The van der Waals surface area contributed by atoms with E-state index in [1.54, 1.807) is 10.7 Å². The molecule has 2 aromatic rings. The van der Waals surface area contributed by atoms with Crippen LogP contribution in [0, 0.1) is 5.82 Å². The second-order valence-electron chi connectivity index (χ2n) is 4.33. The average Bonchev–Trinajstić information content (AvgIpc) is 2.80. The minimum Gasteiger partial charge on any atom is -0.326 e. The Kier molecular flexibility index (Phi) is 4.55. The van der Waals surface area contributed by atoms with Crippen LogP contribution in [0.25, 0.3) is 0 Å². The summed E-state index contributed by atoms with van der Waals surface area (Å²) in [7, 11) is 1.83. The second-order valence-corrected chi connectivity index (χ2v) is 5.44. The van der Waals surface area contributed by atoms with Crippen molar-refractivity contribution in [3.05, 3.63) is 42.0 Å². The minimum atomic E-state index is -0.246. The molecule has 2 unspecified atom stereocenters. The molecule has 0 amide bonds. The van der Waals surface area contributed by atoms with E-state index in [9.17, 15) is 4.39 Å². The number of nitrogens with two attached hydrogens (primary N) is 1. The summed E-state index contributed by atoms with van der Waals surface area (Å²) in [5.74, 6) is -0.246. The molecule has 0 aliphatic heterocycles. The van der Waals surface area contributed by atoms with Crippen LogP contribution in [-0.4, -0.2) is 20.8 Å². The molecule has 2 rings (SSSR count). The Bertz CT molecular complexity index is 543. The first kappa shape index (κ1) is 14.0. The summed E-state index contributed by atoms with van der Waals surface area (Å²) in [6.07, 6.45) is 2.31. The number of aromatic nitrogens is 3. The zero-order chi connectivity index (χ0) is 13.8. The van der Waals surface area contributed by atoms with Gasteiger partial charge < -0.3 is 5.73 Å². The van der Waals surface area contributed by atoms with E-state index < -0.39 is 0 Å². The van der Waals surface area contributed by atoms with Crippen molar-refractivity contribution in [3.8, 4) is 0 Å². The lowest BCUT2D eigenvalue weighted by Crippen LogP contribution is -2.26. The molecule has 2 atom stereocenters. The van der Waals surface area contributed by atoms with Gasteiger partial charge in [0.2, 0.25) is 0 Å². The van der Waals surface area contributed by atoms with E-state index in [0.717, 1.165) is 17.1 Å². The van der Waals surface area contributed by atoms with Crippen molar-refractivity contribution in [1.29, 1.82) is 0 Å². The molecule has 2 N–H and O–H groups in total. The van der Waals surface area contributed by atoms with E-state index >= 15 is 0 Å². The third-order valence-electron chi connectivity index (χ3n) is 2.94. The molecule has 0 radical (unpaired) electrons. The SMILES string of the molecule is CCC(N)C(Sc1ncnn1C)c1cccc(F)c1. The maximum absolute atomic E-state index is 13.4. The average molecular weight is 280 g/mol. The van der Waals surface area contributed by atoms with Crippen molar-refractivity contribution in [3.63, 3.8) is 0 Å². The number of hydrogen-bond donors (Lipinski definition) is 1. The zero-order valence-corrected chi connectivity index (χ0v) is 11.8. The zero-order valence-electron chi connectivity index (χ0n) is 11.0. The first-order valence-corrected chi connectivity index (χ1v) is 7.01. The number of nitrogens with zero attached hydrogens (tertiary/aromatic N) is 3. The van der Waals surface area contributed by atoms with Crippen LogP contribution in [-0.2, 0) is 7.05 Å². The van der Waals surface area contributed by atoms with Crippen molar-refractivity contribution in [2.75, 3.05) is 0 Å². The van der Waals surface area contributed by atoms with Crippen molar-refractivity contribution in [1.82, 2.24) is 14.8 Å². The van der Waals surface area contributed by atoms with Gasteiger partial charge in [0.25, 0.3) is 0 Å². The predicted octanol–water partition coefficient (Wildman–Crippen LogP) is 2.52. The third kappa shape index (κ3) is 3.33. The highest BCUT2D eigenvalue weighted by atomic mass is 32.2. The van der Waals surface area contributed by atoms with Crippen LogP contribution in [0.3, 0.4) is 0 Å². The molecule has 0 aliphatic rings. The first-order chi connectivity index (χ1) is 9.11. The number of benzene rings is 1. The van der Waals surface area contributed by atoms with Gasteiger partial charge in [-0.15, -0.1) is 0 Å². The monoisotopic (exact) mass is 280 g/mol. The predicted molar refractivity (Wildman–Crippen MR) is 74.3 cm³/mol. The van der Waals surface area contributed by atoms with E-state index in [2.05, 4.69) is 10.1 Å². The van der Waals surface area contributed by atoms with Crippen LogP contribution in [0.4, 0.5) is 4.39 Å². The van der Waals surface area contributed by atoms with Gasteiger partial charge in [0.1, 0.15) is 12.1 Å². The van der Waals surface area contributed by atoms with Crippen molar-refractivity contribution < 1.29 is 4.39 Å². The minimum absolute atomic E-state index is 0.0383. The highest BCUT2D eigenvalue weighted by molar-refractivity contribution is 7.99. The second kappa shape index (κ2) is 6.16. The Morgan fingerprint density at radius 1 is 1.47 bits per heavy atom. The van der Waals surface area contributed by atoms with Gasteiger partial charge in [0.15, 0.2) is 5.16 Å². The largest absolute Gasteiger partial charge is 0.326 e. The Balaban J connectivity index is 2.29. The summed E-state index contributed by atoms with van der Waals surface area (Å²) in [5.41, 5.74) is 7.04. The fraction of sp³-hybridized carbons (Fsp3) is 0.385. The molecule has 1 heterocycles.